The summed E-state index contributed by atoms with van der Waals surface area (Å²) in [6.07, 6.45) is 5.37. The summed E-state index contributed by atoms with van der Waals surface area (Å²) in [4.78, 5) is 34.4. The minimum atomic E-state index is -0.321. The first-order valence-electron chi connectivity index (χ1n) is 10.5. The Hall–Kier alpha value is -3.75. The minimum Gasteiger partial charge on any atom is -0.441 e. The van der Waals surface area contributed by atoms with Crippen LogP contribution in [-0.2, 0) is 16.0 Å². The molecule has 0 spiro atoms. The normalized spacial score (nSPS) is 16.0. The van der Waals surface area contributed by atoms with Crippen molar-refractivity contribution < 1.29 is 18.4 Å². The van der Waals surface area contributed by atoms with Crippen LogP contribution in [0.1, 0.15) is 25.2 Å². The van der Waals surface area contributed by atoms with Gasteiger partial charge in [-0.2, -0.15) is 0 Å². The molecule has 3 N–H and O–H groups in total. The number of hydrogen-bond acceptors (Lipinski definition) is 6. The SMILES string of the molecule is NC(=O)C1CCCN(c2ccc(NC(=O)CCc3ncc(-c4ccc(F)cc4)o3)cn2)C1. The van der Waals surface area contributed by atoms with Crippen LogP contribution in [0.2, 0.25) is 0 Å². The molecular formula is C23H24FN5O3. The number of primary amides is 1. The predicted molar refractivity (Wildman–Crippen MR) is 117 cm³/mol. The Kier molecular flexibility index (Phi) is 6.44. The standard InChI is InChI=1S/C23H24FN5O3/c24-17-5-3-15(4-6-17)19-13-27-22(32-19)10-9-21(30)28-18-7-8-20(26-12-18)29-11-1-2-16(14-29)23(25)31/h3-8,12-13,16H,1-2,9-11,14H2,(H2,25,31)(H,28,30). The van der Waals surface area contributed by atoms with E-state index in [9.17, 15) is 14.0 Å². The van der Waals surface area contributed by atoms with Gasteiger partial charge in [-0.05, 0) is 49.2 Å². The molecule has 2 amide bonds. The van der Waals surface area contributed by atoms with Crippen LogP contribution in [0.4, 0.5) is 15.9 Å². The van der Waals surface area contributed by atoms with Crippen molar-refractivity contribution in [3.05, 3.63) is 60.5 Å². The van der Waals surface area contributed by atoms with Crippen LogP contribution < -0.4 is 16.0 Å². The zero-order valence-electron chi connectivity index (χ0n) is 17.5. The molecule has 4 rings (SSSR count). The van der Waals surface area contributed by atoms with Gasteiger partial charge in [0.1, 0.15) is 11.6 Å². The number of hydrogen-bond donors (Lipinski definition) is 2. The fourth-order valence-corrected chi connectivity index (χ4v) is 3.68. The Labute approximate surface area is 184 Å². The smallest absolute Gasteiger partial charge is 0.224 e. The molecule has 166 valence electrons. The molecule has 3 heterocycles. The number of amides is 2. The summed E-state index contributed by atoms with van der Waals surface area (Å²) >= 11 is 0. The van der Waals surface area contributed by atoms with Crippen molar-refractivity contribution in [2.75, 3.05) is 23.3 Å². The molecule has 1 fully saturated rings. The maximum atomic E-state index is 13.0. The zero-order valence-corrected chi connectivity index (χ0v) is 17.5. The van der Waals surface area contributed by atoms with Gasteiger partial charge in [0.15, 0.2) is 11.7 Å². The third kappa shape index (κ3) is 5.29. The number of pyridine rings is 1. The molecule has 0 saturated carbocycles. The fourth-order valence-electron chi connectivity index (χ4n) is 3.68. The topological polar surface area (TPSA) is 114 Å². The Morgan fingerprint density at radius 2 is 1.97 bits per heavy atom. The first-order valence-corrected chi connectivity index (χ1v) is 10.5. The van der Waals surface area contributed by atoms with Gasteiger partial charge in [-0.3, -0.25) is 9.59 Å². The highest BCUT2D eigenvalue weighted by Crippen LogP contribution is 2.23. The molecule has 1 saturated heterocycles. The van der Waals surface area contributed by atoms with E-state index in [0.717, 1.165) is 30.8 Å². The number of rotatable bonds is 7. The van der Waals surface area contributed by atoms with E-state index in [1.807, 2.05) is 11.0 Å². The maximum absolute atomic E-state index is 13.0. The Bertz CT molecular complexity index is 1080. The molecule has 1 aromatic carbocycles. The van der Waals surface area contributed by atoms with Crippen molar-refractivity contribution in [3.8, 4) is 11.3 Å². The van der Waals surface area contributed by atoms with Gasteiger partial charge in [0.25, 0.3) is 0 Å². The number of halogens is 1. The van der Waals surface area contributed by atoms with Crippen LogP contribution >= 0.6 is 0 Å². The summed E-state index contributed by atoms with van der Waals surface area (Å²) in [5.41, 5.74) is 6.74. The van der Waals surface area contributed by atoms with Crippen molar-refractivity contribution in [1.82, 2.24) is 9.97 Å². The van der Waals surface area contributed by atoms with Crippen LogP contribution in [0.3, 0.4) is 0 Å². The maximum Gasteiger partial charge on any atom is 0.224 e. The molecule has 1 aliphatic heterocycles. The molecule has 32 heavy (non-hydrogen) atoms. The average molecular weight is 437 g/mol. The molecule has 1 aliphatic rings. The largest absolute Gasteiger partial charge is 0.441 e. The second-order valence-corrected chi connectivity index (χ2v) is 7.77. The molecule has 8 nitrogen and oxygen atoms in total. The van der Waals surface area contributed by atoms with Gasteiger partial charge >= 0.3 is 0 Å². The molecule has 0 radical (unpaired) electrons. The Morgan fingerprint density at radius 3 is 2.69 bits per heavy atom. The third-order valence-corrected chi connectivity index (χ3v) is 5.43. The van der Waals surface area contributed by atoms with Gasteiger partial charge in [-0.1, -0.05) is 0 Å². The van der Waals surface area contributed by atoms with Crippen LogP contribution in [0.15, 0.2) is 53.2 Å². The number of aryl methyl sites for hydroxylation is 1. The van der Waals surface area contributed by atoms with E-state index in [2.05, 4.69) is 15.3 Å². The second kappa shape index (κ2) is 9.59. The Balaban J connectivity index is 1.28. The first-order chi connectivity index (χ1) is 15.5. The van der Waals surface area contributed by atoms with Gasteiger partial charge in [0.05, 0.1) is 24.0 Å². The van der Waals surface area contributed by atoms with Crippen molar-refractivity contribution in [2.24, 2.45) is 11.7 Å². The molecule has 0 bridgehead atoms. The van der Waals surface area contributed by atoms with E-state index >= 15 is 0 Å². The van der Waals surface area contributed by atoms with E-state index in [-0.39, 0.29) is 30.0 Å². The van der Waals surface area contributed by atoms with Crippen molar-refractivity contribution >= 4 is 23.3 Å². The molecule has 1 unspecified atom stereocenters. The fraction of sp³-hybridized carbons (Fsp3) is 0.304. The molecule has 0 aliphatic carbocycles. The average Bonchev–Trinajstić information content (AvgIpc) is 3.28. The van der Waals surface area contributed by atoms with E-state index in [1.54, 1.807) is 30.6 Å². The summed E-state index contributed by atoms with van der Waals surface area (Å²) in [7, 11) is 0. The molecule has 9 heteroatoms. The van der Waals surface area contributed by atoms with Gasteiger partial charge in [0.2, 0.25) is 11.8 Å². The van der Waals surface area contributed by atoms with Gasteiger partial charge in [0, 0.05) is 31.5 Å². The number of nitrogens with zero attached hydrogens (tertiary/aromatic N) is 3. The molecule has 2 aromatic heterocycles. The van der Waals surface area contributed by atoms with Crippen LogP contribution in [0, 0.1) is 11.7 Å². The summed E-state index contributed by atoms with van der Waals surface area (Å²) in [5, 5.41) is 2.81. The van der Waals surface area contributed by atoms with E-state index in [0.29, 0.717) is 30.3 Å². The van der Waals surface area contributed by atoms with Gasteiger partial charge in [-0.15, -0.1) is 0 Å². The van der Waals surface area contributed by atoms with E-state index in [1.165, 1.54) is 12.1 Å². The van der Waals surface area contributed by atoms with Gasteiger partial charge in [-0.25, -0.2) is 14.4 Å². The quantitative estimate of drug-likeness (QED) is 0.587. The summed E-state index contributed by atoms with van der Waals surface area (Å²) in [5.74, 6) is 0.755. The number of oxazole rings is 1. The Morgan fingerprint density at radius 1 is 1.16 bits per heavy atom. The lowest BCUT2D eigenvalue weighted by atomic mass is 9.97. The molecule has 1 atom stereocenters. The number of nitrogens with two attached hydrogens (primary N) is 1. The molecule has 3 aromatic rings. The third-order valence-electron chi connectivity index (χ3n) is 5.43. The lowest BCUT2D eigenvalue weighted by Gasteiger charge is -2.32. The van der Waals surface area contributed by atoms with Crippen LogP contribution in [-0.4, -0.2) is 34.9 Å². The number of carbonyl (C=O) groups is 2. The highest BCUT2D eigenvalue weighted by atomic mass is 19.1. The first kappa shape index (κ1) is 21.5. The molecular weight excluding hydrogens is 413 g/mol. The monoisotopic (exact) mass is 437 g/mol. The lowest BCUT2D eigenvalue weighted by Crippen LogP contribution is -2.41. The van der Waals surface area contributed by atoms with E-state index in [4.69, 9.17) is 10.2 Å². The lowest BCUT2D eigenvalue weighted by molar-refractivity contribution is -0.122. The highest BCUT2D eigenvalue weighted by Gasteiger charge is 2.24. The highest BCUT2D eigenvalue weighted by molar-refractivity contribution is 5.90. The number of piperidine rings is 1. The predicted octanol–water partition coefficient (Wildman–Crippen LogP) is 3.15. The summed E-state index contributed by atoms with van der Waals surface area (Å²) in [6, 6.07) is 9.53. The zero-order chi connectivity index (χ0) is 22.5. The minimum absolute atomic E-state index is 0.163. The number of carbonyl (C=O) groups excluding carboxylic acids is 2. The summed E-state index contributed by atoms with van der Waals surface area (Å²) < 4.78 is 18.7. The number of benzene rings is 1. The van der Waals surface area contributed by atoms with Gasteiger partial charge < -0.3 is 20.4 Å². The number of aromatic nitrogens is 2. The van der Waals surface area contributed by atoms with Crippen molar-refractivity contribution in [2.45, 2.75) is 25.7 Å². The van der Waals surface area contributed by atoms with E-state index < -0.39 is 0 Å². The number of anilines is 2. The summed E-state index contributed by atoms with van der Waals surface area (Å²) in [6.45, 7) is 1.38. The number of nitrogens with one attached hydrogen (secondary N) is 1. The van der Waals surface area contributed by atoms with Crippen molar-refractivity contribution in [1.29, 1.82) is 0 Å². The van der Waals surface area contributed by atoms with Crippen LogP contribution in [0.25, 0.3) is 11.3 Å². The van der Waals surface area contributed by atoms with Crippen LogP contribution in [0.5, 0.6) is 0 Å². The van der Waals surface area contributed by atoms with Crippen molar-refractivity contribution in [3.63, 3.8) is 0 Å². The second-order valence-electron chi connectivity index (χ2n) is 7.77.